The molecule has 0 spiro atoms. The van der Waals surface area contributed by atoms with Crippen molar-refractivity contribution in [2.75, 3.05) is 20.6 Å². The summed E-state index contributed by atoms with van der Waals surface area (Å²) >= 11 is 5.80. The average Bonchev–Trinajstić information content (AvgIpc) is 2.44. The second-order valence-electron chi connectivity index (χ2n) is 5.97. The van der Waals surface area contributed by atoms with Gasteiger partial charge in [0.1, 0.15) is 0 Å². The highest BCUT2D eigenvalue weighted by Gasteiger charge is 2.28. The van der Waals surface area contributed by atoms with Crippen molar-refractivity contribution in [2.24, 2.45) is 5.41 Å². The van der Waals surface area contributed by atoms with Gasteiger partial charge in [0.25, 0.3) is 0 Å². The summed E-state index contributed by atoms with van der Waals surface area (Å²) in [5.74, 6) is -2.36. The first-order valence-corrected chi connectivity index (χ1v) is 7.42. The maximum Gasteiger partial charge on any atom is 0.328 e. The van der Waals surface area contributed by atoms with Gasteiger partial charge < -0.3 is 15.1 Å². The second-order valence-corrected chi connectivity index (χ2v) is 6.40. The van der Waals surface area contributed by atoms with Gasteiger partial charge in [-0.05, 0) is 38.4 Å². The van der Waals surface area contributed by atoms with E-state index in [1.807, 2.05) is 32.8 Å². The van der Waals surface area contributed by atoms with Gasteiger partial charge in [0.2, 0.25) is 0 Å². The quantitative estimate of drug-likeness (QED) is 0.602. The Labute approximate surface area is 146 Å². The van der Waals surface area contributed by atoms with E-state index in [0.29, 0.717) is 17.2 Å². The maximum absolute atomic E-state index is 12.2. The molecule has 2 N–H and O–H groups in total. The molecule has 1 aromatic carbocycles. The number of benzene rings is 1. The molecule has 0 heterocycles. The van der Waals surface area contributed by atoms with Crippen LogP contribution in [0.4, 0.5) is 0 Å². The number of hydrogen-bond donors (Lipinski definition) is 2. The molecule has 0 saturated heterocycles. The Morgan fingerprint density at radius 1 is 1.04 bits per heavy atom. The molecule has 24 heavy (non-hydrogen) atoms. The van der Waals surface area contributed by atoms with Crippen molar-refractivity contribution in [1.29, 1.82) is 0 Å². The lowest BCUT2D eigenvalue weighted by Crippen LogP contribution is -2.35. The Morgan fingerprint density at radius 3 is 1.79 bits per heavy atom. The number of halogens is 1. The molecule has 0 bridgehead atoms. The third-order valence-corrected chi connectivity index (χ3v) is 3.05. The van der Waals surface area contributed by atoms with Gasteiger partial charge in [-0.2, -0.15) is 0 Å². The lowest BCUT2D eigenvalue weighted by atomic mass is 9.84. The number of carboxylic acids is 2. The number of aliphatic carboxylic acids is 2. The molecule has 7 heteroatoms. The smallest absolute Gasteiger partial charge is 0.328 e. The van der Waals surface area contributed by atoms with Crippen LogP contribution in [-0.2, 0) is 9.59 Å². The normalized spacial score (nSPS) is 11.1. The van der Waals surface area contributed by atoms with E-state index in [0.717, 1.165) is 12.1 Å². The highest BCUT2D eigenvalue weighted by molar-refractivity contribution is 6.30. The molecule has 6 nitrogen and oxygen atoms in total. The van der Waals surface area contributed by atoms with E-state index in [2.05, 4.69) is 0 Å². The summed E-state index contributed by atoms with van der Waals surface area (Å²) in [6.45, 7) is 4.66. The third kappa shape index (κ3) is 9.07. The number of carbonyl (C=O) groups excluding carboxylic acids is 1. The first kappa shape index (κ1) is 21.8. The minimum absolute atomic E-state index is 0.151. The van der Waals surface area contributed by atoms with Crippen LogP contribution in [-0.4, -0.2) is 53.5 Å². The fourth-order valence-corrected chi connectivity index (χ4v) is 2.12. The number of carboxylic acid groups (broad SMARTS) is 2. The Hall–Kier alpha value is -2.18. The summed E-state index contributed by atoms with van der Waals surface area (Å²) in [6.07, 6.45) is 1.12. The molecule has 132 valence electrons. The van der Waals surface area contributed by atoms with Crippen LogP contribution in [0.5, 0.6) is 0 Å². The molecule has 1 rings (SSSR count). The van der Waals surface area contributed by atoms with E-state index in [1.165, 1.54) is 0 Å². The van der Waals surface area contributed by atoms with Crippen LogP contribution in [0.3, 0.4) is 0 Å². The minimum Gasteiger partial charge on any atom is -0.478 e. The summed E-state index contributed by atoms with van der Waals surface area (Å²) in [4.78, 5) is 33.4. The molecule has 0 aliphatic carbocycles. The van der Waals surface area contributed by atoms with E-state index in [9.17, 15) is 14.4 Å². The van der Waals surface area contributed by atoms with Gasteiger partial charge in [0, 0.05) is 34.7 Å². The molecule has 0 saturated carbocycles. The number of Topliss-reactive ketones (excluding diaryl/α,β-unsaturated/α-hetero) is 1. The summed E-state index contributed by atoms with van der Waals surface area (Å²) in [5, 5.41) is 16.3. The molecule has 0 aliphatic heterocycles. The summed E-state index contributed by atoms with van der Waals surface area (Å²) < 4.78 is 0. The molecule has 0 aromatic heterocycles. The molecule has 0 aliphatic rings. The van der Waals surface area contributed by atoms with Crippen molar-refractivity contribution in [3.8, 4) is 0 Å². The zero-order chi connectivity index (χ0) is 18.9. The molecule has 1 aromatic rings. The topological polar surface area (TPSA) is 94.9 Å². The zero-order valence-corrected chi connectivity index (χ0v) is 14.9. The van der Waals surface area contributed by atoms with E-state index < -0.39 is 11.9 Å². The Bertz CT molecular complexity index is 590. The molecule has 0 fully saturated rings. The van der Waals surface area contributed by atoms with Gasteiger partial charge in [-0.1, -0.05) is 25.4 Å². The van der Waals surface area contributed by atoms with Crippen molar-refractivity contribution in [3.05, 3.63) is 47.0 Å². The highest BCUT2D eigenvalue weighted by Crippen LogP contribution is 2.23. The van der Waals surface area contributed by atoms with Crippen molar-refractivity contribution < 1.29 is 24.6 Å². The standard InChI is InChI=1S/C13H18ClNO.C4H4O4/c1-13(2,9-15(3)4)12(16)10-5-7-11(14)8-6-10;5-3(6)1-2-4(7)8/h5-8H,9H2,1-4H3;1-2H,(H,5,6)(H,7,8)/b;2-1-. The van der Waals surface area contributed by atoms with Crippen LogP contribution in [0, 0.1) is 5.41 Å². The van der Waals surface area contributed by atoms with Crippen LogP contribution in [0.15, 0.2) is 36.4 Å². The van der Waals surface area contributed by atoms with Crippen molar-refractivity contribution in [1.82, 2.24) is 4.90 Å². The highest BCUT2D eigenvalue weighted by atomic mass is 35.5. The Morgan fingerprint density at radius 2 is 1.46 bits per heavy atom. The number of ketones is 1. The number of rotatable bonds is 6. The third-order valence-electron chi connectivity index (χ3n) is 2.80. The van der Waals surface area contributed by atoms with Gasteiger partial charge in [0.05, 0.1) is 0 Å². The first-order valence-electron chi connectivity index (χ1n) is 7.04. The fourth-order valence-electron chi connectivity index (χ4n) is 2.00. The molecule has 0 atom stereocenters. The maximum atomic E-state index is 12.2. The Balaban J connectivity index is 0.000000561. The second kappa shape index (κ2) is 9.85. The Kier molecular flexibility index (Phi) is 8.95. The molecular formula is C17H22ClNO5. The van der Waals surface area contributed by atoms with Crippen LogP contribution >= 0.6 is 11.6 Å². The first-order chi connectivity index (χ1) is 11.0. The van der Waals surface area contributed by atoms with Crippen LogP contribution in [0.25, 0.3) is 0 Å². The van der Waals surface area contributed by atoms with E-state index in [1.54, 1.807) is 24.3 Å². The molecular weight excluding hydrogens is 334 g/mol. The molecule has 0 radical (unpaired) electrons. The van der Waals surface area contributed by atoms with E-state index in [-0.39, 0.29) is 11.2 Å². The summed E-state index contributed by atoms with van der Waals surface area (Å²) in [7, 11) is 3.94. The largest absolute Gasteiger partial charge is 0.478 e. The van der Waals surface area contributed by atoms with Crippen molar-refractivity contribution in [2.45, 2.75) is 13.8 Å². The fraction of sp³-hybridized carbons (Fsp3) is 0.353. The number of hydrogen-bond acceptors (Lipinski definition) is 4. The number of nitrogens with zero attached hydrogens (tertiary/aromatic N) is 1. The van der Waals surface area contributed by atoms with Crippen molar-refractivity contribution in [3.63, 3.8) is 0 Å². The molecule has 0 amide bonds. The predicted octanol–water partition coefficient (Wildman–Crippen LogP) is 2.82. The van der Waals surface area contributed by atoms with Gasteiger partial charge in [-0.3, -0.25) is 4.79 Å². The summed E-state index contributed by atoms with van der Waals surface area (Å²) in [6, 6.07) is 7.06. The predicted molar refractivity (Wildman–Crippen MR) is 92.5 cm³/mol. The lowest BCUT2D eigenvalue weighted by Gasteiger charge is -2.26. The van der Waals surface area contributed by atoms with E-state index >= 15 is 0 Å². The summed E-state index contributed by atoms with van der Waals surface area (Å²) in [5.41, 5.74) is 0.341. The SMILES string of the molecule is CN(C)CC(C)(C)C(=O)c1ccc(Cl)cc1.O=C(O)/C=C\C(=O)O. The van der Waals surface area contributed by atoms with Gasteiger partial charge in [-0.15, -0.1) is 0 Å². The van der Waals surface area contributed by atoms with Crippen molar-refractivity contribution >= 4 is 29.3 Å². The van der Waals surface area contributed by atoms with Crippen LogP contribution < -0.4 is 0 Å². The van der Waals surface area contributed by atoms with Gasteiger partial charge in [0.15, 0.2) is 5.78 Å². The lowest BCUT2D eigenvalue weighted by molar-refractivity contribution is -0.134. The molecule has 0 unspecified atom stereocenters. The van der Waals surface area contributed by atoms with E-state index in [4.69, 9.17) is 21.8 Å². The number of carbonyl (C=O) groups is 3. The van der Waals surface area contributed by atoms with Crippen LogP contribution in [0.1, 0.15) is 24.2 Å². The van der Waals surface area contributed by atoms with Gasteiger partial charge in [-0.25, -0.2) is 9.59 Å². The monoisotopic (exact) mass is 355 g/mol. The minimum atomic E-state index is -1.26. The zero-order valence-electron chi connectivity index (χ0n) is 14.1. The van der Waals surface area contributed by atoms with Crippen LogP contribution in [0.2, 0.25) is 5.02 Å². The average molecular weight is 356 g/mol. The van der Waals surface area contributed by atoms with Gasteiger partial charge >= 0.3 is 11.9 Å².